The van der Waals surface area contributed by atoms with E-state index in [9.17, 15) is 18.0 Å². The van der Waals surface area contributed by atoms with Crippen molar-refractivity contribution < 1.29 is 18.0 Å². The first kappa shape index (κ1) is 23.7. The van der Waals surface area contributed by atoms with Crippen LogP contribution in [0.15, 0.2) is 54.9 Å². The van der Waals surface area contributed by atoms with E-state index in [1.54, 1.807) is 0 Å². The van der Waals surface area contributed by atoms with Gasteiger partial charge in [-0.3, -0.25) is 9.48 Å². The third kappa shape index (κ3) is 4.09. The number of fused-ring (bicyclic) bond motifs is 4. The van der Waals surface area contributed by atoms with Crippen molar-refractivity contribution in [2.24, 2.45) is 7.05 Å². The zero-order chi connectivity index (χ0) is 25.9. The van der Waals surface area contributed by atoms with Crippen molar-refractivity contribution in [2.75, 3.05) is 0 Å². The Balaban J connectivity index is 1.33. The van der Waals surface area contributed by atoms with Gasteiger partial charge >= 0.3 is 6.18 Å². The summed E-state index contributed by atoms with van der Waals surface area (Å²) in [4.78, 5) is 19.6. The average molecular weight is 527 g/mol. The van der Waals surface area contributed by atoms with Crippen molar-refractivity contribution in [3.63, 3.8) is 0 Å². The molecule has 6 rings (SSSR count). The van der Waals surface area contributed by atoms with Crippen LogP contribution in [0.25, 0.3) is 16.9 Å². The lowest BCUT2D eigenvalue weighted by Gasteiger charge is -2.44. The van der Waals surface area contributed by atoms with Crippen LogP contribution < -0.4 is 0 Å². The predicted molar refractivity (Wildman–Crippen MR) is 130 cm³/mol. The summed E-state index contributed by atoms with van der Waals surface area (Å²) in [6, 6.07) is 12.1. The van der Waals surface area contributed by atoms with Crippen molar-refractivity contribution in [2.45, 2.75) is 43.9 Å². The van der Waals surface area contributed by atoms with Gasteiger partial charge in [0.1, 0.15) is 6.33 Å². The molecule has 0 unspecified atom stereocenters. The summed E-state index contributed by atoms with van der Waals surface area (Å²) in [6.45, 7) is 0. The first-order valence-corrected chi connectivity index (χ1v) is 12.3. The molecule has 0 N–H and O–H groups in total. The molecular weight excluding hydrogens is 505 g/mol. The van der Waals surface area contributed by atoms with Crippen LogP contribution in [-0.2, 0) is 19.6 Å². The van der Waals surface area contributed by atoms with Crippen LogP contribution in [-0.4, -0.2) is 41.4 Å². The van der Waals surface area contributed by atoms with E-state index in [0.29, 0.717) is 11.4 Å². The number of rotatable bonds is 3. The topological polar surface area (TPSA) is 68.8 Å². The molecule has 7 nitrogen and oxygen atoms in total. The second kappa shape index (κ2) is 8.72. The molecular formula is C26H22ClF3N6O. The van der Waals surface area contributed by atoms with E-state index in [0.717, 1.165) is 53.9 Å². The Morgan fingerprint density at radius 2 is 1.89 bits per heavy atom. The maximum atomic E-state index is 13.7. The molecule has 190 valence electrons. The van der Waals surface area contributed by atoms with Crippen molar-refractivity contribution in [3.8, 4) is 16.9 Å². The molecule has 0 spiro atoms. The molecule has 0 saturated carbocycles. The van der Waals surface area contributed by atoms with Gasteiger partial charge < -0.3 is 4.90 Å². The van der Waals surface area contributed by atoms with Gasteiger partial charge in [-0.2, -0.15) is 18.3 Å². The van der Waals surface area contributed by atoms with Gasteiger partial charge in [0, 0.05) is 29.2 Å². The van der Waals surface area contributed by atoms with Gasteiger partial charge in [-0.1, -0.05) is 29.8 Å². The molecule has 2 aliphatic heterocycles. The highest BCUT2D eigenvalue weighted by Gasteiger charge is 2.44. The number of piperidine rings is 1. The van der Waals surface area contributed by atoms with Gasteiger partial charge in [-0.15, -0.1) is 5.10 Å². The number of alkyl halides is 3. The number of aryl methyl sites for hydroxylation is 1. The molecule has 0 aliphatic carbocycles. The first-order valence-electron chi connectivity index (χ1n) is 11.9. The van der Waals surface area contributed by atoms with Crippen LogP contribution in [0.3, 0.4) is 0 Å². The Morgan fingerprint density at radius 1 is 1.08 bits per heavy atom. The van der Waals surface area contributed by atoms with E-state index in [1.165, 1.54) is 23.1 Å². The van der Waals surface area contributed by atoms with Crippen LogP contribution in [0, 0.1) is 0 Å². The predicted octanol–water partition coefficient (Wildman–Crippen LogP) is 5.63. The minimum absolute atomic E-state index is 0.0521. The highest BCUT2D eigenvalue weighted by Crippen LogP contribution is 2.45. The van der Waals surface area contributed by atoms with Crippen LogP contribution in [0.1, 0.15) is 52.7 Å². The lowest BCUT2D eigenvalue weighted by atomic mass is 9.81. The smallest absolute Gasteiger partial charge is 0.324 e. The first-order chi connectivity index (χ1) is 17.7. The maximum absolute atomic E-state index is 13.7. The number of hydrogen-bond acceptors (Lipinski definition) is 4. The fraction of sp³-hybridized carbons (Fsp3) is 0.308. The molecule has 11 heteroatoms. The Bertz CT molecular complexity index is 1510. The number of amides is 1. The van der Waals surface area contributed by atoms with Crippen molar-refractivity contribution >= 4 is 17.5 Å². The third-order valence-corrected chi connectivity index (χ3v) is 7.36. The highest BCUT2D eigenvalue weighted by molar-refractivity contribution is 6.30. The van der Waals surface area contributed by atoms with Gasteiger partial charge in [0.15, 0.2) is 0 Å². The molecule has 1 amide bonds. The minimum Gasteiger partial charge on any atom is -0.324 e. The van der Waals surface area contributed by atoms with Gasteiger partial charge in [0.2, 0.25) is 5.82 Å². The van der Waals surface area contributed by atoms with Gasteiger partial charge in [-0.25, -0.2) is 9.67 Å². The molecule has 1 saturated heterocycles. The lowest BCUT2D eigenvalue weighted by molar-refractivity contribution is -0.137. The highest BCUT2D eigenvalue weighted by atomic mass is 35.5. The number of nitrogens with zero attached hydrogens (tertiary/aromatic N) is 6. The largest absolute Gasteiger partial charge is 0.416 e. The molecule has 2 bridgehead atoms. The summed E-state index contributed by atoms with van der Waals surface area (Å²) in [5, 5.41) is 9.71. The number of carbonyl (C=O) groups is 1. The number of carbonyl (C=O) groups excluding carboxylic acids is 1. The summed E-state index contributed by atoms with van der Waals surface area (Å²) < 4.78 is 42.5. The van der Waals surface area contributed by atoms with Crippen LogP contribution >= 0.6 is 11.6 Å². The SMILES string of the molecule is Cn1nc2c(c1-c1cccc(Cl)c1)C[C@H]1CCC[C@@H]2N1C(=O)c1ncn(-c2cccc(C(F)(F)F)c2)n1. The van der Waals surface area contributed by atoms with Crippen LogP contribution in [0.5, 0.6) is 0 Å². The Morgan fingerprint density at radius 3 is 2.68 bits per heavy atom. The molecule has 4 heterocycles. The zero-order valence-corrected chi connectivity index (χ0v) is 20.5. The summed E-state index contributed by atoms with van der Waals surface area (Å²) in [6.07, 6.45) is -0.0124. The fourth-order valence-electron chi connectivity index (χ4n) is 5.57. The summed E-state index contributed by atoms with van der Waals surface area (Å²) in [5.74, 6) is -0.398. The second-order valence-corrected chi connectivity index (χ2v) is 9.86. The molecule has 2 aromatic carbocycles. The number of halogens is 4. The summed E-state index contributed by atoms with van der Waals surface area (Å²) >= 11 is 6.25. The molecule has 2 aromatic heterocycles. The molecule has 2 atom stereocenters. The van der Waals surface area contributed by atoms with E-state index >= 15 is 0 Å². The standard InChI is InChI=1S/C26H22ClF3N6O/c1-34-23(15-5-2-7-17(27)11-15)20-13-19-9-4-10-21(22(20)32-34)36(19)25(37)24-31-14-35(33-24)18-8-3-6-16(12-18)26(28,29)30/h2-3,5-8,11-12,14,19,21H,4,9-10,13H2,1H3/t19-,21+/m1/s1. The molecule has 2 aliphatic rings. The van der Waals surface area contributed by atoms with E-state index in [-0.39, 0.29) is 29.5 Å². The van der Waals surface area contributed by atoms with Gasteiger partial charge in [0.25, 0.3) is 5.91 Å². The van der Waals surface area contributed by atoms with Crippen molar-refractivity contribution in [1.29, 1.82) is 0 Å². The van der Waals surface area contributed by atoms with Crippen molar-refractivity contribution in [3.05, 3.63) is 82.5 Å². The quantitative estimate of drug-likeness (QED) is 0.347. The summed E-state index contributed by atoms with van der Waals surface area (Å²) in [5.41, 5.74) is 3.33. The van der Waals surface area contributed by atoms with E-state index in [4.69, 9.17) is 16.7 Å². The van der Waals surface area contributed by atoms with Gasteiger partial charge in [-0.05, 0) is 56.0 Å². The summed E-state index contributed by atoms with van der Waals surface area (Å²) in [7, 11) is 1.89. The average Bonchev–Trinajstić information content (AvgIpc) is 3.48. The number of aromatic nitrogens is 5. The fourth-order valence-corrected chi connectivity index (χ4v) is 5.76. The van der Waals surface area contributed by atoms with E-state index in [1.807, 2.05) is 40.9 Å². The van der Waals surface area contributed by atoms with E-state index < -0.39 is 11.7 Å². The second-order valence-electron chi connectivity index (χ2n) is 9.42. The lowest BCUT2D eigenvalue weighted by Crippen LogP contribution is -2.50. The monoisotopic (exact) mass is 526 g/mol. The van der Waals surface area contributed by atoms with E-state index in [2.05, 4.69) is 10.1 Å². The maximum Gasteiger partial charge on any atom is 0.416 e. The molecule has 4 aromatic rings. The molecule has 37 heavy (non-hydrogen) atoms. The Labute approximate surface area is 215 Å². The van der Waals surface area contributed by atoms with Gasteiger partial charge in [0.05, 0.1) is 28.7 Å². The minimum atomic E-state index is -4.48. The molecule has 1 fully saturated rings. The number of benzene rings is 2. The third-order valence-electron chi connectivity index (χ3n) is 7.13. The normalized spacial score (nSPS) is 19.1. The Hall–Kier alpha value is -3.66. The van der Waals surface area contributed by atoms with Crippen LogP contribution in [0.4, 0.5) is 13.2 Å². The Kier molecular flexibility index (Phi) is 5.59. The number of hydrogen-bond donors (Lipinski definition) is 0. The van der Waals surface area contributed by atoms with Crippen molar-refractivity contribution in [1.82, 2.24) is 29.4 Å². The zero-order valence-electron chi connectivity index (χ0n) is 19.8. The van der Waals surface area contributed by atoms with Crippen LogP contribution in [0.2, 0.25) is 5.02 Å². The molecule has 0 radical (unpaired) electrons.